The van der Waals surface area contributed by atoms with Crippen LogP contribution >= 0.6 is 38.6 Å². The summed E-state index contributed by atoms with van der Waals surface area (Å²) in [7, 11) is 0. The van der Waals surface area contributed by atoms with Gasteiger partial charge in [-0.1, -0.05) is 15.9 Å². The number of carbonyl (C=O) groups excluding carboxylic acids is 1. The van der Waals surface area contributed by atoms with Gasteiger partial charge in [-0.25, -0.2) is 0 Å². The molecule has 2 aromatic rings. The number of likely N-dealkylation sites (tertiary alicyclic amines) is 1. The van der Waals surface area contributed by atoms with Crippen molar-refractivity contribution in [2.45, 2.75) is 12.8 Å². The number of amides is 1. The molecule has 2 nitrogen and oxygen atoms in total. The first kappa shape index (κ1) is 12.6. The van der Waals surface area contributed by atoms with Crippen LogP contribution in [0.1, 0.15) is 22.5 Å². The van der Waals surface area contributed by atoms with Gasteiger partial charge in [-0.15, -0.1) is 22.7 Å². The van der Waals surface area contributed by atoms with Crippen LogP contribution in [0.4, 0.5) is 0 Å². The second kappa shape index (κ2) is 5.31. The van der Waals surface area contributed by atoms with E-state index in [1.165, 1.54) is 15.8 Å². The smallest absolute Gasteiger partial charge is 0.264 e. The summed E-state index contributed by atoms with van der Waals surface area (Å²) >= 11 is 6.81. The highest BCUT2D eigenvalue weighted by molar-refractivity contribution is 9.09. The summed E-state index contributed by atoms with van der Waals surface area (Å²) < 4.78 is 2.47. The third kappa shape index (κ3) is 2.36. The van der Waals surface area contributed by atoms with Crippen LogP contribution in [-0.2, 0) is 0 Å². The molecule has 18 heavy (non-hydrogen) atoms. The van der Waals surface area contributed by atoms with E-state index in [0.717, 1.165) is 29.7 Å². The van der Waals surface area contributed by atoms with Crippen molar-refractivity contribution in [2.75, 3.05) is 18.4 Å². The third-order valence-corrected chi connectivity index (χ3v) is 5.98. The highest BCUT2D eigenvalue weighted by Crippen LogP contribution is 2.32. The van der Waals surface area contributed by atoms with E-state index in [2.05, 4.69) is 27.4 Å². The Bertz CT molecular complexity index is 534. The summed E-state index contributed by atoms with van der Waals surface area (Å²) in [4.78, 5) is 15.3. The van der Waals surface area contributed by atoms with Crippen LogP contribution in [0.15, 0.2) is 17.5 Å². The van der Waals surface area contributed by atoms with Gasteiger partial charge in [-0.3, -0.25) is 4.79 Å². The van der Waals surface area contributed by atoms with Crippen molar-refractivity contribution < 1.29 is 4.79 Å². The van der Waals surface area contributed by atoms with Crippen LogP contribution in [0.3, 0.4) is 0 Å². The fraction of sp³-hybridized carbons (Fsp3) is 0.462. The molecule has 0 saturated carbocycles. The maximum atomic E-state index is 12.4. The number of thiophene rings is 2. The van der Waals surface area contributed by atoms with Crippen LogP contribution in [-0.4, -0.2) is 29.2 Å². The van der Waals surface area contributed by atoms with Crippen molar-refractivity contribution in [1.29, 1.82) is 0 Å². The summed E-state index contributed by atoms with van der Waals surface area (Å²) in [5, 5.41) is 3.12. The van der Waals surface area contributed by atoms with Gasteiger partial charge in [0.15, 0.2) is 0 Å². The lowest BCUT2D eigenvalue weighted by atomic mass is 10.1. The Hall–Kier alpha value is -0.390. The summed E-state index contributed by atoms with van der Waals surface area (Å²) in [6.45, 7) is 1.85. The molecule has 1 aliphatic heterocycles. The van der Waals surface area contributed by atoms with Crippen molar-refractivity contribution in [2.24, 2.45) is 5.92 Å². The van der Waals surface area contributed by atoms with Gasteiger partial charge >= 0.3 is 0 Å². The molecule has 1 amide bonds. The summed E-state index contributed by atoms with van der Waals surface area (Å²) in [6.07, 6.45) is 2.32. The fourth-order valence-corrected chi connectivity index (χ4v) is 5.16. The van der Waals surface area contributed by atoms with Gasteiger partial charge in [0.25, 0.3) is 5.91 Å². The lowest BCUT2D eigenvalue weighted by Gasteiger charge is -2.15. The van der Waals surface area contributed by atoms with Crippen molar-refractivity contribution in [3.8, 4) is 0 Å². The zero-order chi connectivity index (χ0) is 12.5. The van der Waals surface area contributed by atoms with Gasteiger partial charge in [-0.05, 0) is 36.3 Å². The van der Waals surface area contributed by atoms with Crippen molar-refractivity contribution in [3.05, 3.63) is 22.4 Å². The Balaban J connectivity index is 1.73. The third-order valence-electron chi connectivity index (χ3n) is 3.44. The molecule has 96 valence electrons. The summed E-state index contributed by atoms with van der Waals surface area (Å²) in [6, 6.07) is 4.14. The number of carbonyl (C=O) groups is 1. The summed E-state index contributed by atoms with van der Waals surface area (Å²) in [5.74, 6) is 0.898. The molecule has 0 N–H and O–H groups in total. The van der Waals surface area contributed by atoms with Crippen LogP contribution in [0.2, 0.25) is 0 Å². The predicted molar refractivity (Wildman–Crippen MR) is 82.1 cm³/mol. The first-order chi connectivity index (χ1) is 8.78. The van der Waals surface area contributed by atoms with Gasteiger partial charge in [0.2, 0.25) is 0 Å². The second-order valence-electron chi connectivity index (χ2n) is 4.64. The molecule has 0 aliphatic carbocycles. The monoisotopic (exact) mass is 343 g/mol. The molecule has 1 atom stereocenters. The minimum atomic E-state index is 0.223. The Morgan fingerprint density at radius 1 is 1.50 bits per heavy atom. The predicted octanol–water partition coefficient (Wildman–Crippen LogP) is 4.21. The van der Waals surface area contributed by atoms with Gasteiger partial charge in [-0.2, -0.15) is 0 Å². The molecule has 0 spiro atoms. The molecule has 0 bridgehead atoms. The average Bonchev–Trinajstić information content (AvgIpc) is 3.02. The first-order valence-corrected chi connectivity index (χ1v) is 8.92. The zero-order valence-corrected chi connectivity index (χ0v) is 13.1. The quantitative estimate of drug-likeness (QED) is 0.764. The molecule has 0 radical (unpaired) electrons. The van der Waals surface area contributed by atoms with Gasteiger partial charge in [0.1, 0.15) is 0 Å². The number of hydrogen-bond donors (Lipinski definition) is 0. The SMILES string of the molecule is O=C(c1cc2sccc2s1)N1CCC(CCBr)C1. The topological polar surface area (TPSA) is 20.3 Å². The standard InChI is InChI=1S/C13H14BrNOS2/c14-4-1-9-2-5-15(8-9)13(16)12-7-11-10(18-12)3-6-17-11/h3,6-7,9H,1-2,4-5,8H2. The maximum Gasteiger partial charge on any atom is 0.264 e. The van der Waals surface area contributed by atoms with E-state index in [1.54, 1.807) is 22.7 Å². The van der Waals surface area contributed by atoms with Gasteiger partial charge in [0, 0.05) is 27.8 Å². The Labute approximate surface area is 123 Å². The lowest BCUT2D eigenvalue weighted by Crippen LogP contribution is -2.28. The number of nitrogens with zero attached hydrogens (tertiary/aromatic N) is 1. The zero-order valence-electron chi connectivity index (χ0n) is 9.89. The van der Waals surface area contributed by atoms with E-state index in [4.69, 9.17) is 0 Å². The molecular formula is C13H14BrNOS2. The second-order valence-corrected chi connectivity index (χ2v) is 7.47. The first-order valence-electron chi connectivity index (χ1n) is 6.10. The maximum absolute atomic E-state index is 12.4. The number of alkyl halides is 1. The molecule has 3 rings (SSSR count). The van der Waals surface area contributed by atoms with E-state index in [0.29, 0.717) is 5.92 Å². The largest absolute Gasteiger partial charge is 0.338 e. The van der Waals surface area contributed by atoms with E-state index < -0.39 is 0 Å². The lowest BCUT2D eigenvalue weighted by molar-refractivity contribution is 0.0792. The molecule has 1 fully saturated rings. The highest BCUT2D eigenvalue weighted by atomic mass is 79.9. The Morgan fingerprint density at radius 2 is 2.39 bits per heavy atom. The van der Waals surface area contributed by atoms with Crippen LogP contribution < -0.4 is 0 Å². The van der Waals surface area contributed by atoms with E-state index in [1.807, 2.05) is 11.0 Å². The van der Waals surface area contributed by atoms with E-state index in [9.17, 15) is 4.79 Å². The van der Waals surface area contributed by atoms with Gasteiger partial charge in [0.05, 0.1) is 4.88 Å². The van der Waals surface area contributed by atoms with Crippen molar-refractivity contribution >= 4 is 53.9 Å². The molecule has 1 saturated heterocycles. The molecule has 1 unspecified atom stereocenters. The molecule has 2 aromatic heterocycles. The molecule has 0 aromatic carbocycles. The Morgan fingerprint density at radius 3 is 3.17 bits per heavy atom. The average molecular weight is 344 g/mol. The molecule has 1 aliphatic rings. The van der Waals surface area contributed by atoms with Crippen LogP contribution in [0.5, 0.6) is 0 Å². The van der Waals surface area contributed by atoms with E-state index >= 15 is 0 Å². The number of fused-ring (bicyclic) bond motifs is 1. The normalized spacial score (nSPS) is 19.8. The minimum absolute atomic E-state index is 0.223. The summed E-state index contributed by atoms with van der Waals surface area (Å²) in [5.41, 5.74) is 0. The number of rotatable bonds is 3. The van der Waals surface area contributed by atoms with Crippen molar-refractivity contribution in [1.82, 2.24) is 4.90 Å². The van der Waals surface area contributed by atoms with Gasteiger partial charge < -0.3 is 4.90 Å². The van der Waals surface area contributed by atoms with Crippen molar-refractivity contribution in [3.63, 3.8) is 0 Å². The number of halogens is 1. The molecular weight excluding hydrogens is 330 g/mol. The minimum Gasteiger partial charge on any atom is -0.338 e. The molecule has 5 heteroatoms. The number of hydrogen-bond acceptors (Lipinski definition) is 3. The van der Waals surface area contributed by atoms with E-state index in [-0.39, 0.29) is 5.91 Å². The molecule has 3 heterocycles. The Kier molecular flexibility index (Phi) is 3.73. The highest BCUT2D eigenvalue weighted by Gasteiger charge is 2.27. The van der Waals surface area contributed by atoms with Crippen LogP contribution in [0.25, 0.3) is 9.40 Å². The fourth-order valence-electron chi connectivity index (χ4n) is 2.43. The van der Waals surface area contributed by atoms with Crippen LogP contribution in [0, 0.1) is 5.92 Å².